The molecule has 8 heteroatoms. The van der Waals surface area contributed by atoms with Crippen molar-refractivity contribution >= 4 is 18.9 Å². The van der Waals surface area contributed by atoms with Crippen LogP contribution in [-0.2, 0) is 16.0 Å². The van der Waals surface area contributed by atoms with Gasteiger partial charge in [0.25, 0.3) is 0 Å². The van der Waals surface area contributed by atoms with Crippen LogP contribution in [0.1, 0.15) is 42.6 Å². The van der Waals surface area contributed by atoms with E-state index in [-0.39, 0.29) is 48.5 Å². The van der Waals surface area contributed by atoms with Gasteiger partial charge in [0.05, 0.1) is 6.61 Å². The molecule has 0 fully saturated rings. The molecule has 5 nitrogen and oxygen atoms in total. The number of ketones is 1. The van der Waals surface area contributed by atoms with Gasteiger partial charge in [0.1, 0.15) is 17.1 Å². The maximum absolute atomic E-state index is 14.1. The summed E-state index contributed by atoms with van der Waals surface area (Å²) in [7, 11) is -1.38. The van der Waals surface area contributed by atoms with Gasteiger partial charge in [-0.25, -0.2) is 13.6 Å². The number of carbonyl (C=O) groups excluding carboxylic acids is 2. The lowest BCUT2D eigenvalue weighted by Crippen LogP contribution is -2.36. The molecule has 0 radical (unpaired) electrons. The molecule has 0 unspecified atom stereocenters. The first kappa shape index (κ1) is 17.4. The number of Topliss-reactive ketones (excluding diaryl/α,β-unsaturated/α-hetero) is 1. The molecule has 1 aromatic rings. The molecule has 0 saturated heterocycles. The minimum atomic E-state index is -1.38. The molecule has 23 heavy (non-hydrogen) atoms. The molecule has 1 aromatic carbocycles. The Balaban J connectivity index is 2.42. The second-order valence-electron chi connectivity index (χ2n) is 5.32. The molecular weight excluding hydrogens is 309 g/mol. The van der Waals surface area contributed by atoms with Gasteiger partial charge >= 0.3 is 13.1 Å². The maximum Gasteiger partial charge on any atom is 0.526 e. The van der Waals surface area contributed by atoms with E-state index < -0.39 is 30.5 Å². The van der Waals surface area contributed by atoms with E-state index in [0.717, 1.165) is 0 Å². The van der Waals surface area contributed by atoms with Gasteiger partial charge in [-0.15, -0.1) is 0 Å². The van der Waals surface area contributed by atoms with Crippen molar-refractivity contribution in [2.75, 3.05) is 6.61 Å². The number of carbonyl (C=O) groups is 2. The SMILES string of the molecule is CCOC(=O)c1cc(F)c(F)c2c1OB(O)[C@@H](CC(=O)CC)C2. The van der Waals surface area contributed by atoms with Crippen molar-refractivity contribution in [2.24, 2.45) is 0 Å². The van der Waals surface area contributed by atoms with Crippen LogP contribution >= 0.6 is 0 Å². The summed E-state index contributed by atoms with van der Waals surface area (Å²) in [4.78, 5) is 23.4. The van der Waals surface area contributed by atoms with Crippen LogP contribution in [0, 0.1) is 11.6 Å². The van der Waals surface area contributed by atoms with Crippen molar-refractivity contribution in [2.45, 2.75) is 38.9 Å². The average molecular weight is 326 g/mol. The summed E-state index contributed by atoms with van der Waals surface area (Å²) < 4.78 is 37.8. The van der Waals surface area contributed by atoms with E-state index in [2.05, 4.69) is 0 Å². The zero-order chi connectivity index (χ0) is 17.1. The Labute approximate surface area is 132 Å². The Morgan fingerprint density at radius 2 is 2.13 bits per heavy atom. The van der Waals surface area contributed by atoms with Crippen LogP contribution < -0.4 is 4.65 Å². The van der Waals surface area contributed by atoms with E-state index in [0.29, 0.717) is 6.07 Å². The normalized spacial score (nSPS) is 16.6. The minimum absolute atomic E-state index is 0.0121. The predicted octanol–water partition coefficient (Wildman–Crippen LogP) is 2.30. The first-order valence-electron chi connectivity index (χ1n) is 7.43. The Kier molecular flexibility index (Phi) is 5.36. The molecule has 1 aliphatic rings. The predicted molar refractivity (Wildman–Crippen MR) is 78.3 cm³/mol. The second kappa shape index (κ2) is 7.08. The summed E-state index contributed by atoms with van der Waals surface area (Å²) in [6, 6.07) is 0.691. The Morgan fingerprint density at radius 1 is 1.43 bits per heavy atom. The molecule has 1 heterocycles. The lowest BCUT2D eigenvalue weighted by molar-refractivity contribution is -0.118. The van der Waals surface area contributed by atoms with Crippen LogP contribution in [0.5, 0.6) is 5.75 Å². The molecule has 0 aliphatic carbocycles. The highest BCUT2D eigenvalue weighted by Crippen LogP contribution is 2.39. The highest BCUT2D eigenvalue weighted by Gasteiger charge is 2.40. The van der Waals surface area contributed by atoms with Gasteiger partial charge in [0.2, 0.25) is 0 Å². The maximum atomic E-state index is 14.1. The molecular formula is C15H17BF2O5. The molecule has 0 bridgehead atoms. The van der Waals surface area contributed by atoms with Crippen LogP contribution in [0.3, 0.4) is 0 Å². The van der Waals surface area contributed by atoms with E-state index in [9.17, 15) is 23.4 Å². The second-order valence-corrected chi connectivity index (χ2v) is 5.32. The van der Waals surface area contributed by atoms with Crippen LogP contribution in [0.2, 0.25) is 5.82 Å². The molecule has 1 N–H and O–H groups in total. The van der Waals surface area contributed by atoms with Crippen molar-refractivity contribution in [1.82, 2.24) is 0 Å². The Morgan fingerprint density at radius 3 is 2.74 bits per heavy atom. The largest absolute Gasteiger partial charge is 0.535 e. The lowest BCUT2D eigenvalue weighted by atomic mass is 9.64. The van der Waals surface area contributed by atoms with Crippen LogP contribution in [0.25, 0.3) is 0 Å². The monoisotopic (exact) mass is 326 g/mol. The third kappa shape index (κ3) is 3.52. The molecule has 124 valence electrons. The Hall–Kier alpha value is -1.96. The number of hydrogen-bond donors (Lipinski definition) is 1. The average Bonchev–Trinajstić information content (AvgIpc) is 2.52. The van der Waals surface area contributed by atoms with E-state index in [1.54, 1.807) is 13.8 Å². The van der Waals surface area contributed by atoms with Crippen molar-refractivity contribution in [3.63, 3.8) is 0 Å². The first-order valence-corrected chi connectivity index (χ1v) is 7.43. The number of halogens is 2. The smallest absolute Gasteiger partial charge is 0.526 e. The number of hydrogen-bond acceptors (Lipinski definition) is 5. The molecule has 0 aromatic heterocycles. The molecule has 0 amide bonds. The third-order valence-corrected chi connectivity index (χ3v) is 3.75. The molecule has 0 saturated carbocycles. The van der Waals surface area contributed by atoms with Gasteiger partial charge in [-0.1, -0.05) is 6.92 Å². The number of rotatable bonds is 5. The van der Waals surface area contributed by atoms with E-state index in [1.165, 1.54) is 0 Å². The quantitative estimate of drug-likeness (QED) is 0.664. The van der Waals surface area contributed by atoms with Crippen LogP contribution in [-0.4, -0.2) is 30.5 Å². The van der Waals surface area contributed by atoms with Crippen molar-refractivity contribution in [3.8, 4) is 5.75 Å². The molecule has 2 rings (SSSR count). The van der Waals surface area contributed by atoms with Crippen LogP contribution in [0.4, 0.5) is 8.78 Å². The van der Waals surface area contributed by atoms with Gasteiger partial charge in [-0.05, 0) is 19.4 Å². The van der Waals surface area contributed by atoms with Gasteiger partial charge in [0, 0.05) is 24.2 Å². The summed E-state index contributed by atoms with van der Waals surface area (Å²) in [5.74, 6) is -4.25. The Bertz CT molecular complexity index is 635. The minimum Gasteiger partial charge on any atom is -0.535 e. The fourth-order valence-electron chi connectivity index (χ4n) is 2.53. The van der Waals surface area contributed by atoms with Crippen molar-refractivity contribution in [1.29, 1.82) is 0 Å². The summed E-state index contributed by atoms with van der Waals surface area (Å²) in [6.45, 7) is 3.31. The van der Waals surface area contributed by atoms with E-state index in [4.69, 9.17) is 9.39 Å². The highest BCUT2D eigenvalue weighted by molar-refractivity contribution is 6.47. The van der Waals surface area contributed by atoms with E-state index >= 15 is 0 Å². The van der Waals surface area contributed by atoms with Gasteiger partial charge in [-0.3, -0.25) is 4.79 Å². The number of fused-ring (bicyclic) bond motifs is 1. The molecule has 1 aliphatic heterocycles. The number of ether oxygens (including phenoxy) is 1. The van der Waals surface area contributed by atoms with Crippen molar-refractivity contribution < 1.29 is 32.8 Å². The number of esters is 1. The lowest BCUT2D eigenvalue weighted by Gasteiger charge is -2.28. The topological polar surface area (TPSA) is 72.8 Å². The van der Waals surface area contributed by atoms with Crippen molar-refractivity contribution in [3.05, 3.63) is 28.8 Å². The first-order chi connectivity index (χ1) is 10.9. The van der Waals surface area contributed by atoms with Gasteiger partial charge in [-0.2, -0.15) is 0 Å². The summed E-state index contributed by atoms with van der Waals surface area (Å²) in [5.41, 5.74) is -0.438. The van der Waals surface area contributed by atoms with Crippen LogP contribution in [0.15, 0.2) is 6.07 Å². The summed E-state index contributed by atoms with van der Waals surface area (Å²) in [6.07, 6.45) is 0.163. The van der Waals surface area contributed by atoms with E-state index in [1.807, 2.05) is 0 Å². The highest BCUT2D eigenvalue weighted by atomic mass is 19.2. The third-order valence-electron chi connectivity index (χ3n) is 3.75. The molecule has 1 atom stereocenters. The van der Waals surface area contributed by atoms with Gasteiger partial charge in [0.15, 0.2) is 11.6 Å². The fraction of sp³-hybridized carbons (Fsp3) is 0.467. The summed E-state index contributed by atoms with van der Waals surface area (Å²) in [5, 5.41) is 10.0. The zero-order valence-electron chi connectivity index (χ0n) is 12.9. The summed E-state index contributed by atoms with van der Waals surface area (Å²) >= 11 is 0. The standard InChI is InChI=1S/C15H17BF2O5/c1-3-9(19)5-8-6-10-13(18)12(17)7-11(15(20)22-4-2)14(10)23-16(8)21/h7-8,21H,3-6H2,1-2H3/t8-/m0/s1. The fourth-order valence-corrected chi connectivity index (χ4v) is 2.53. The molecule has 0 spiro atoms. The number of benzene rings is 1. The van der Waals surface area contributed by atoms with Gasteiger partial charge < -0.3 is 14.4 Å². The zero-order valence-corrected chi connectivity index (χ0v) is 12.9.